The first-order chi connectivity index (χ1) is 10.2. The Hall–Kier alpha value is -2.02. The first kappa shape index (κ1) is 12.7. The van der Waals surface area contributed by atoms with Gasteiger partial charge in [0.1, 0.15) is 0 Å². The van der Waals surface area contributed by atoms with Gasteiger partial charge in [0, 0.05) is 51.2 Å². The molecule has 0 saturated carbocycles. The topological polar surface area (TPSA) is 50.1 Å². The van der Waals surface area contributed by atoms with Crippen LogP contribution >= 0.6 is 0 Å². The van der Waals surface area contributed by atoms with Gasteiger partial charge in [-0.15, -0.1) is 5.10 Å². The molecule has 110 valence electrons. The zero-order valence-corrected chi connectivity index (χ0v) is 11.9. The van der Waals surface area contributed by atoms with E-state index in [-0.39, 0.29) is 5.82 Å². The van der Waals surface area contributed by atoms with Crippen molar-refractivity contribution in [1.82, 2.24) is 24.9 Å². The number of nitrogens with zero attached hydrogens (tertiary/aromatic N) is 6. The number of anilines is 1. The molecule has 4 heterocycles. The van der Waals surface area contributed by atoms with E-state index in [0.29, 0.717) is 17.9 Å². The Labute approximate surface area is 122 Å². The highest BCUT2D eigenvalue weighted by Crippen LogP contribution is 2.35. The molecule has 0 aromatic carbocycles. The molecule has 2 fully saturated rings. The van der Waals surface area contributed by atoms with Crippen LogP contribution in [0.5, 0.6) is 0 Å². The number of piperazine rings is 1. The predicted molar refractivity (Wildman–Crippen MR) is 75.1 cm³/mol. The van der Waals surface area contributed by atoms with Crippen LogP contribution in [0.25, 0.3) is 0 Å². The molecular weight excluding hydrogens is 271 g/mol. The SMILES string of the molecule is Cn1cc(CN2CC3CC2CN3c2ncccc2F)nn1. The normalized spacial score (nSPS) is 25.0. The van der Waals surface area contributed by atoms with Gasteiger partial charge in [0.25, 0.3) is 0 Å². The molecule has 0 aliphatic carbocycles. The fourth-order valence-electron chi connectivity index (χ4n) is 3.47. The van der Waals surface area contributed by atoms with E-state index >= 15 is 0 Å². The van der Waals surface area contributed by atoms with Crippen molar-refractivity contribution in [3.05, 3.63) is 36.0 Å². The molecule has 2 unspecified atom stereocenters. The Morgan fingerprint density at radius 2 is 2.24 bits per heavy atom. The Morgan fingerprint density at radius 1 is 1.33 bits per heavy atom. The second-order valence-corrected chi connectivity index (χ2v) is 5.82. The summed E-state index contributed by atoms with van der Waals surface area (Å²) >= 11 is 0. The number of rotatable bonds is 3. The van der Waals surface area contributed by atoms with Crippen molar-refractivity contribution in [3.63, 3.8) is 0 Å². The average Bonchev–Trinajstić information content (AvgIpc) is 3.15. The third-order valence-electron chi connectivity index (χ3n) is 4.38. The first-order valence-corrected chi connectivity index (χ1v) is 7.17. The van der Waals surface area contributed by atoms with Gasteiger partial charge in [-0.1, -0.05) is 5.21 Å². The van der Waals surface area contributed by atoms with Crippen molar-refractivity contribution >= 4 is 5.82 Å². The number of aromatic nitrogens is 4. The maximum absolute atomic E-state index is 13.9. The van der Waals surface area contributed by atoms with E-state index in [1.165, 1.54) is 6.07 Å². The Bertz CT molecular complexity index is 656. The monoisotopic (exact) mass is 288 g/mol. The van der Waals surface area contributed by atoms with Gasteiger partial charge in [-0.25, -0.2) is 9.37 Å². The summed E-state index contributed by atoms with van der Waals surface area (Å²) in [4.78, 5) is 8.71. The van der Waals surface area contributed by atoms with Crippen LogP contribution in [0.4, 0.5) is 10.2 Å². The van der Waals surface area contributed by atoms with E-state index in [1.54, 1.807) is 16.9 Å². The van der Waals surface area contributed by atoms with Crippen LogP contribution < -0.4 is 4.90 Å². The molecule has 0 radical (unpaired) electrons. The highest BCUT2D eigenvalue weighted by Gasteiger charge is 2.44. The molecule has 7 heteroatoms. The fraction of sp³-hybridized carbons (Fsp3) is 0.500. The summed E-state index contributed by atoms with van der Waals surface area (Å²) in [5.74, 6) is 0.259. The van der Waals surface area contributed by atoms with Crippen LogP contribution in [-0.2, 0) is 13.6 Å². The Balaban J connectivity index is 1.47. The predicted octanol–water partition coefficient (Wildman–Crippen LogP) is 0.812. The van der Waals surface area contributed by atoms with Gasteiger partial charge in [-0.2, -0.15) is 0 Å². The number of pyridine rings is 1. The molecule has 4 rings (SSSR count). The van der Waals surface area contributed by atoms with E-state index < -0.39 is 0 Å². The number of hydrogen-bond acceptors (Lipinski definition) is 5. The van der Waals surface area contributed by atoms with Gasteiger partial charge in [0.05, 0.1) is 5.69 Å². The molecule has 2 aromatic heterocycles. The molecule has 2 atom stereocenters. The van der Waals surface area contributed by atoms with Crippen LogP contribution in [0.15, 0.2) is 24.5 Å². The zero-order valence-electron chi connectivity index (χ0n) is 11.9. The van der Waals surface area contributed by atoms with Gasteiger partial charge in [-0.05, 0) is 18.6 Å². The van der Waals surface area contributed by atoms with Crippen LogP contribution in [0, 0.1) is 5.82 Å². The lowest BCUT2D eigenvalue weighted by Gasteiger charge is -2.34. The van der Waals surface area contributed by atoms with Crippen molar-refractivity contribution in [2.75, 3.05) is 18.0 Å². The number of likely N-dealkylation sites (tertiary alicyclic amines) is 1. The zero-order chi connectivity index (χ0) is 14.4. The van der Waals surface area contributed by atoms with Gasteiger partial charge in [0.2, 0.25) is 0 Å². The standard InChI is InChI=1S/C14H17FN6/c1-19-6-10(17-18-19)7-20-8-12-5-11(20)9-21(12)14-13(15)3-2-4-16-14/h2-4,6,11-12H,5,7-9H2,1H3. The summed E-state index contributed by atoms with van der Waals surface area (Å²) in [6.07, 6.45) is 4.67. The molecule has 2 bridgehead atoms. The first-order valence-electron chi connectivity index (χ1n) is 7.17. The van der Waals surface area contributed by atoms with Crippen LogP contribution in [0.3, 0.4) is 0 Å². The lowest BCUT2D eigenvalue weighted by Crippen LogP contribution is -2.46. The number of hydrogen-bond donors (Lipinski definition) is 0. The smallest absolute Gasteiger partial charge is 0.165 e. The largest absolute Gasteiger partial charge is 0.348 e. The fourth-order valence-corrected chi connectivity index (χ4v) is 3.47. The molecule has 2 saturated heterocycles. The van der Waals surface area contributed by atoms with E-state index in [9.17, 15) is 4.39 Å². The number of halogens is 1. The van der Waals surface area contributed by atoms with Crippen LogP contribution in [0.2, 0.25) is 0 Å². The minimum atomic E-state index is -0.231. The van der Waals surface area contributed by atoms with Crippen molar-refractivity contribution in [3.8, 4) is 0 Å². The maximum Gasteiger partial charge on any atom is 0.165 e. The molecule has 0 N–H and O–H groups in total. The van der Waals surface area contributed by atoms with Gasteiger partial charge < -0.3 is 4.90 Å². The summed E-state index contributed by atoms with van der Waals surface area (Å²) in [5, 5.41) is 8.10. The molecule has 0 spiro atoms. The Kier molecular flexibility index (Phi) is 2.88. The number of aryl methyl sites for hydroxylation is 1. The molecule has 2 aliphatic rings. The minimum Gasteiger partial charge on any atom is -0.348 e. The summed E-state index contributed by atoms with van der Waals surface area (Å²) in [6.45, 7) is 2.57. The summed E-state index contributed by atoms with van der Waals surface area (Å²) in [6, 6.07) is 3.90. The van der Waals surface area contributed by atoms with E-state index in [4.69, 9.17) is 0 Å². The van der Waals surface area contributed by atoms with Crippen molar-refractivity contribution in [1.29, 1.82) is 0 Å². The molecule has 21 heavy (non-hydrogen) atoms. The van der Waals surface area contributed by atoms with Crippen molar-refractivity contribution in [2.24, 2.45) is 7.05 Å². The molecular formula is C14H17FN6. The molecule has 0 amide bonds. The minimum absolute atomic E-state index is 0.231. The summed E-state index contributed by atoms with van der Waals surface area (Å²) in [5.41, 5.74) is 0.987. The van der Waals surface area contributed by atoms with Gasteiger partial charge in [-0.3, -0.25) is 9.58 Å². The highest BCUT2D eigenvalue weighted by molar-refractivity contribution is 5.44. The molecule has 2 aromatic rings. The lowest BCUT2D eigenvalue weighted by molar-refractivity contribution is 0.227. The maximum atomic E-state index is 13.9. The van der Waals surface area contributed by atoms with E-state index in [2.05, 4.69) is 25.1 Å². The quantitative estimate of drug-likeness (QED) is 0.836. The van der Waals surface area contributed by atoms with Gasteiger partial charge in [0.15, 0.2) is 11.6 Å². The van der Waals surface area contributed by atoms with Crippen LogP contribution in [-0.4, -0.2) is 50.1 Å². The second kappa shape index (κ2) is 4.77. The summed E-state index contributed by atoms with van der Waals surface area (Å²) in [7, 11) is 1.87. The van der Waals surface area contributed by atoms with Crippen molar-refractivity contribution in [2.45, 2.75) is 25.0 Å². The molecule has 6 nitrogen and oxygen atoms in total. The van der Waals surface area contributed by atoms with Gasteiger partial charge >= 0.3 is 0 Å². The molecule has 2 aliphatic heterocycles. The second-order valence-electron chi connectivity index (χ2n) is 5.82. The average molecular weight is 288 g/mol. The third-order valence-corrected chi connectivity index (χ3v) is 4.38. The lowest BCUT2D eigenvalue weighted by atomic mass is 10.2. The van der Waals surface area contributed by atoms with E-state index in [1.807, 2.05) is 13.2 Å². The third kappa shape index (κ3) is 2.17. The summed E-state index contributed by atoms with van der Waals surface area (Å²) < 4.78 is 15.6. The highest BCUT2D eigenvalue weighted by atomic mass is 19.1. The Morgan fingerprint density at radius 3 is 2.90 bits per heavy atom. The number of fused-ring (bicyclic) bond motifs is 2. The van der Waals surface area contributed by atoms with Crippen LogP contribution in [0.1, 0.15) is 12.1 Å². The van der Waals surface area contributed by atoms with E-state index in [0.717, 1.165) is 31.7 Å². The van der Waals surface area contributed by atoms with Crippen molar-refractivity contribution < 1.29 is 4.39 Å².